The standard InChI is InChI=1S/C26H31F3N4O2/c1-18-23(3-2-13-30-18)33-16-11-21(17-33)25(35)31-22-6-4-19(5-7-22)20-9-14-32(15-10-20)24(34)8-12-26(27,28)29/h2-7,13,20-21H,8-12,14-17H2,1H3,(H,31,35)/t21-/m0/s1. The van der Waals surface area contributed by atoms with Crippen molar-refractivity contribution in [2.45, 2.75) is 51.1 Å². The lowest BCUT2D eigenvalue weighted by molar-refractivity contribution is -0.149. The van der Waals surface area contributed by atoms with Crippen molar-refractivity contribution in [3.63, 3.8) is 0 Å². The Morgan fingerprint density at radius 1 is 1.06 bits per heavy atom. The van der Waals surface area contributed by atoms with E-state index in [0.29, 0.717) is 19.6 Å². The summed E-state index contributed by atoms with van der Waals surface area (Å²) in [6.45, 7) is 4.39. The molecule has 2 fully saturated rings. The van der Waals surface area contributed by atoms with Crippen molar-refractivity contribution >= 4 is 23.2 Å². The van der Waals surface area contributed by atoms with Gasteiger partial charge in [-0.25, -0.2) is 0 Å². The smallest absolute Gasteiger partial charge is 0.369 e. The van der Waals surface area contributed by atoms with Crippen LogP contribution in [0.3, 0.4) is 0 Å². The van der Waals surface area contributed by atoms with Crippen molar-refractivity contribution in [2.75, 3.05) is 36.4 Å². The predicted octanol–water partition coefficient (Wildman–Crippen LogP) is 4.90. The number of halogens is 3. The highest BCUT2D eigenvalue weighted by molar-refractivity contribution is 5.93. The summed E-state index contributed by atoms with van der Waals surface area (Å²) in [5.74, 6) is -0.263. The Morgan fingerprint density at radius 2 is 1.77 bits per heavy atom. The molecule has 1 aromatic heterocycles. The van der Waals surface area contributed by atoms with Crippen LogP contribution in [0.4, 0.5) is 24.5 Å². The first kappa shape index (κ1) is 25.0. The molecule has 2 amide bonds. The molecule has 0 unspecified atom stereocenters. The number of hydrogen-bond donors (Lipinski definition) is 1. The van der Waals surface area contributed by atoms with Gasteiger partial charge in [0.05, 0.1) is 23.7 Å². The van der Waals surface area contributed by atoms with Crippen LogP contribution in [0, 0.1) is 12.8 Å². The average Bonchev–Trinajstić information content (AvgIpc) is 3.33. The average molecular weight is 489 g/mol. The number of rotatable bonds is 6. The predicted molar refractivity (Wildman–Crippen MR) is 128 cm³/mol. The Hall–Kier alpha value is -3.10. The molecular formula is C26H31F3N4O2. The first-order chi connectivity index (χ1) is 16.7. The summed E-state index contributed by atoms with van der Waals surface area (Å²) in [6, 6.07) is 11.7. The molecule has 0 aliphatic carbocycles. The van der Waals surface area contributed by atoms with Gasteiger partial charge in [0.15, 0.2) is 0 Å². The van der Waals surface area contributed by atoms with Gasteiger partial charge in [-0.2, -0.15) is 13.2 Å². The lowest BCUT2D eigenvalue weighted by Gasteiger charge is -2.32. The van der Waals surface area contributed by atoms with Gasteiger partial charge < -0.3 is 15.1 Å². The minimum atomic E-state index is -4.30. The van der Waals surface area contributed by atoms with E-state index in [0.717, 1.165) is 48.4 Å². The second-order valence-corrected chi connectivity index (χ2v) is 9.42. The van der Waals surface area contributed by atoms with Crippen molar-refractivity contribution in [1.29, 1.82) is 0 Å². The van der Waals surface area contributed by atoms with Crippen LogP contribution in [0.25, 0.3) is 0 Å². The van der Waals surface area contributed by atoms with E-state index in [4.69, 9.17) is 0 Å². The number of benzene rings is 1. The van der Waals surface area contributed by atoms with E-state index in [-0.39, 0.29) is 17.7 Å². The van der Waals surface area contributed by atoms with E-state index in [9.17, 15) is 22.8 Å². The third-order valence-electron chi connectivity index (χ3n) is 7.00. The Balaban J connectivity index is 1.25. The molecule has 6 nitrogen and oxygen atoms in total. The fourth-order valence-corrected chi connectivity index (χ4v) is 4.96. The molecule has 2 aliphatic rings. The van der Waals surface area contributed by atoms with Gasteiger partial charge in [0.25, 0.3) is 0 Å². The van der Waals surface area contributed by atoms with Crippen molar-refractivity contribution < 1.29 is 22.8 Å². The number of nitrogens with zero attached hydrogens (tertiary/aromatic N) is 3. The second-order valence-electron chi connectivity index (χ2n) is 9.42. The molecule has 188 valence electrons. The van der Waals surface area contributed by atoms with E-state index in [1.165, 1.54) is 4.90 Å². The maximum atomic E-state index is 12.8. The van der Waals surface area contributed by atoms with Gasteiger partial charge in [0.2, 0.25) is 11.8 Å². The molecule has 0 spiro atoms. The highest BCUT2D eigenvalue weighted by Crippen LogP contribution is 2.31. The summed E-state index contributed by atoms with van der Waals surface area (Å²) in [7, 11) is 0. The Bertz CT molecular complexity index is 1030. The van der Waals surface area contributed by atoms with Gasteiger partial charge in [-0.05, 0) is 61.9 Å². The van der Waals surface area contributed by atoms with Crippen LogP contribution in [0.5, 0.6) is 0 Å². The number of anilines is 2. The zero-order valence-electron chi connectivity index (χ0n) is 19.9. The molecule has 9 heteroatoms. The third kappa shape index (κ3) is 6.52. The summed E-state index contributed by atoms with van der Waals surface area (Å²) in [5.41, 5.74) is 3.89. The SMILES string of the molecule is Cc1ncccc1N1CC[C@H](C(=O)Nc2ccc(C3CCN(C(=O)CCC(F)(F)F)CC3)cc2)C1. The van der Waals surface area contributed by atoms with Gasteiger partial charge in [-0.15, -0.1) is 0 Å². The summed E-state index contributed by atoms with van der Waals surface area (Å²) in [6.07, 6.45) is -1.86. The molecular weight excluding hydrogens is 457 g/mol. The Kier molecular flexibility index (Phi) is 7.62. The zero-order valence-corrected chi connectivity index (χ0v) is 19.9. The molecule has 1 N–H and O–H groups in total. The summed E-state index contributed by atoms with van der Waals surface area (Å²) >= 11 is 0. The molecule has 0 saturated carbocycles. The quantitative estimate of drug-likeness (QED) is 0.628. The molecule has 0 bridgehead atoms. The number of alkyl halides is 3. The Labute approximate surface area is 203 Å². The largest absolute Gasteiger partial charge is 0.389 e. The number of likely N-dealkylation sites (tertiary alicyclic amines) is 1. The van der Waals surface area contributed by atoms with E-state index in [2.05, 4.69) is 15.2 Å². The van der Waals surface area contributed by atoms with Gasteiger partial charge in [-0.3, -0.25) is 14.6 Å². The number of carbonyl (C=O) groups excluding carboxylic acids is 2. The number of carbonyl (C=O) groups is 2. The van der Waals surface area contributed by atoms with Crippen molar-refractivity contribution in [2.24, 2.45) is 5.92 Å². The van der Waals surface area contributed by atoms with Crippen LogP contribution in [-0.4, -0.2) is 54.1 Å². The summed E-state index contributed by atoms with van der Waals surface area (Å²) in [4.78, 5) is 32.9. The number of nitrogens with one attached hydrogen (secondary N) is 1. The zero-order chi connectivity index (χ0) is 25.0. The second kappa shape index (κ2) is 10.7. The fourth-order valence-electron chi connectivity index (χ4n) is 4.96. The van der Waals surface area contributed by atoms with Gasteiger partial charge in [-0.1, -0.05) is 12.1 Å². The highest BCUT2D eigenvalue weighted by atomic mass is 19.4. The molecule has 35 heavy (non-hydrogen) atoms. The molecule has 1 aromatic carbocycles. The lowest BCUT2D eigenvalue weighted by atomic mass is 9.89. The molecule has 4 rings (SSSR count). The fraction of sp³-hybridized carbons (Fsp3) is 0.500. The van der Waals surface area contributed by atoms with Gasteiger partial charge in [0, 0.05) is 44.5 Å². The lowest BCUT2D eigenvalue weighted by Crippen LogP contribution is -2.38. The van der Waals surface area contributed by atoms with Crippen molar-refractivity contribution in [3.8, 4) is 0 Å². The molecule has 2 aliphatic heterocycles. The van der Waals surface area contributed by atoms with Crippen LogP contribution in [0.1, 0.15) is 49.3 Å². The molecule has 2 saturated heterocycles. The van der Waals surface area contributed by atoms with Crippen LogP contribution in [-0.2, 0) is 9.59 Å². The number of aryl methyl sites for hydroxylation is 1. The first-order valence-corrected chi connectivity index (χ1v) is 12.1. The minimum Gasteiger partial charge on any atom is -0.369 e. The van der Waals surface area contributed by atoms with Crippen LogP contribution < -0.4 is 10.2 Å². The molecule has 1 atom stereocenters. The minimum absolute atomic E-state index is 0.00692. The van der Waals surface area contributed by atoms with E-state index in [1.54, 1.807) is 6.20 Å². The Morgan fingerprint density at radius 3 is 2.43 bits per heavy atom. The number of aromatic nitrogens is 1. The number of hydrogen-bond acceptors (Lipinski definition) is 4. The van der Waals surface area contributed by atoms with Crippen LogP contribution >= 0.6 is 0 Å². The highest BCUT2D eigenvalue weighted by Gasteiger charge is 2.31. The topological polar surface area (TPSA) is 65.5 Å². The van der Waals surface area contributed by atoms with E-state index >= 15 is 0 Å². The van der Waals surface area contributed by atoms with Crippen molar-refractivity contribution in [1.82, 2.24) is 9.88 Å². The number of amides is 2. The third-order valence-corrected chi connectivity index (χ3v) is 7.00. The monoisotopic (exact) mass is 488 g/mol. The summed E-state index contributed by atoms with van der Waals surface area (Å²) in [5, 5.41) is 3.02. The molecule has 2 aromatic rings. The maximum Gasteiger partial charge on any atom is 0.389 e. The maximum absolute atomic E-state index is 12.8. The first-order valence-electron chi connectivity index (χ1n) is 12.1. The van der Waals surface area contributed by atoms with Gasteiger partial charge >= 0.3 is 6.18 Å². The van der Waals surface area contributed by atoms with Crippen LogP contribution in [0.2, 0.25) is 0 Å². The van der Waals surface area contributed by atoms with Crippen LogP contribution in [0.15, 0.2) is 42.6 Å². The molecule has 0 radical (unpaired) electrons. The number of piperidine rings is 1. The van der Waals surface area contributed by atoms with E-state index < -0.39 is 24.9 Å². The summed E-state index contributed by atoms with van der Waals surface area (Å²) < 4.78 is 37.1. The van der Waals surface area contributed by atoms with Gasteiger partial charge in [0.1, 0.15) is 0 Å². The normalized spacial score (nSPS) is 19.1. The van der Waals surface area contributed by atoms with Crippen molar-refractivity contribution in [3.05, 3.63) is 53.9 Å². The number of pyridine rings is 1. The van der Waals surface area contributed by atoms with E-state index in [1.807, 2.05) is 43.3 Å². The molecule has 3 heterocycles.